The molecule has 0 saturated carbocycles. The first-order valence-electron chi connectivity index (χ1n) is 5.36. The molecule has 84 valence electrons. The quantitative estimate of drug-likeness (QED) is 0.713. The summed E-state index contributed by atoms with van der Waals surface area (Å²) in [6, 6.07) is 0. The summed E-state index contributed by atoms with van der Waals surface area (Å²) in [7, 11) is 0. The summed E-state index contributed by atoms with van der Waals surface area (Å²) in [5, 5.41) is 12.5. The highest BCUT2D eigenvalue weighted by molar-refractivity contribution is 5.84. The summed E-state index contributed by atoms with van der Waals surface area (Å²) in [5.41, 5.74) is -1.44. The molecular formula is C11H23NO2. The van der Waals surface area contributed by atoms with Gasteiger partial charge >= 0.3 is 0 Å². The second kappa shape index (κ2) is 4.78. The maximum Gasteiger partial charge on any atom is 0.251 e. The Morgan fingerprint density at radius 3 is 1.71 bits per heavy atom. The maximum absolute atomic E-state index is 11.6. The van der Waals surface area contributed by atoms with Gasteiger partial charge in [-0.3, -0.25) is 4.79 Å². The molecule has 14 heavy (non-hydrogen) atoms. The SMILES string of the molecule is CCC(CC)(CC)NC(=O)C(C)(C)O. The lowest BCUT2D eigenvalue weighted by molar-refractivity contribution is -0.138. The Morgan fingerprint density at radius 1 is 1.14 bits per heavy atom. The van der Waals surface area contributed by atoms with Crippen molar-refractivity contribution in [2.45, 2.75) is 65.0 Å². The first-order valence-corrected chi connectivity index (χ1v) is 5.36. The third-order valence-corrected chi connectivity index (χ3v) is 2.96. The normalized spacial score (nSPS) is 12.7. The average Bonchev–Trinajstić information content (AvgIpc) is 2.12. The Hall–Kier alpha value is -0.570. The fourth-order valence-electron chi connectivity index (χ4n) is 1.41. The third-order valence-electron chi connectivity index (χ3n) is 2.96. The molecule has 0 saturated heterocycles. The average molecular weight is 201 g/mol. The van der Waals surface area contributed by atoms with E-state index in [0.717, 1.165) is 19.3 Å². The van der Waals surface area contributed by atoms with Crippen molar-refractivity contribution < 1.29 is 9.90 Å². The minimum absolute atomic E-state index is 0.156. The molecule has 0 radical (unpaired) electrons. The molecule has 0 aromatic heterocycles. The standard InChI is InChI=1S/C11H23NO2/c1-6-11(7-2,8-3)12-9(13)10(4,5)14/h14H,6-8H2,1-5H3,(H,12,13). The predicted molar refractivity (Wildman–Crippen MR) is 58.0 cm³/mol. The Balaban J connectivity index is 4.54. The van der Waals surface area contributed by atoms with Gasteiger partial charge in [0.2, 0.25) is 0 Å². The largest absolute Gasteiger partial charge is 0.381 e. The van der Waals surface area contributed by atoms with Crippen LogP contribution in [-0.2, 0) is 4.79 Å². The number of hydrogen-bond acceptors (Lipinski definition) is 2. The summed E-state index contributed by atoms with van der Waals surface area (Å²) in [6.07, 6.45) is 2.67. The van der Waals surface area contributed by atoms with Gasteiger partial charge in [0.15, 0.2) is 0 Å². The van der Waals surface area contributed by atoms with Crippen LogP contribution >= 0.6 is 0 Å². The molecule has 2 N–H and O–H groups in total. The van der Waals surface area contributed by atoms with Crippen LogP contribution in [0.3, 0.4) is 0 Å². The van der Waals surface area contributed by atoms with E-state index in [-0.39, 0.29) is 11.4 Å². The molecule has 0 rings (SSSR count). The zero-order chi connectivity index (χ0) is 11.4. The molecule has 0 fully saturated rings. The molecule has 0 spiro atoms. The van der Waals surface area contributed by atoms with Gasteiger partial charge < -0.3 is 10.4 Å². The van der Waals surface area contributed by atoms with E-state index >= 15 is 0 Å². The minimum atomic E-state index is -1.29. The first kappa shape index (κ1) is 13.4. The Bertz CT molecular complexity index is 182. The number of carbonyl (C=O) groups is 1. The van der Waals surface area contributed by atoms with E-state index in [2.05, 4.69) is 26.1 Å². The molecule has 0 aliphatic carbocycles. The zero-order valence-corrected chi connectivity index (χ0v) is 9.98. The van der Waals surface area contributed by atoms with Crippen molar-refractivity contribution in [3.8, 4) is 0 Å². The molecule has 3 nitrogen and oxygen atoms in total. The number of amides is 1. The van der Waals surface area contributed by atoms with Gasteiger partial charge in [-0.2, -0.15) is 0 Å². The zero-order valence-electron chi connectivity index (χ0n) is 9.98. The number of aliphatic hydroxyl groups is 1. The van der Waals surface area contributed by atoms with Crippen LogP contribution in [0.4, 0.5) is 0 Å². The highest BCUT2D eigenvalue weighted by Crippen LogP contribution is 2.20. The van der Waals surface area contributed by atoms with Gasteiger partial charge in [-0.05, 0) is 33.1 Å². The van der Waals surface area contributed by atoms with E-state index in [1.165, 1.54) is 13.8 Å². The summed E-state index contributed by atoms with van der Waals surface area (Å²) in [6.45, 7) is 9.18. The van der Waals surface area contributed by atoms with Gasteiger partial charge in [0.25, 0.3) is 5.91 Å². The summed E-state index contributed by atoms with van der Waals surface area (Å²) >= 11 is 0. The van der Waals surface area contributed by atoms with Crippen LogP contribution in [-0.4, -0.2) is 22.2 Å². The molecule has 0 aliphatic rings. The summed E-state index contributed by atoms with van der Waals surface area (Å²) in [4.78, 5) is 11.6. The van der Waals surface area contributed by atoms with Crippen LogP contribution < -0.4 is 5.32 Å². The van der Waals surface area contributed by atoms with Crippen LogP contribution in [0.2, 0.25) is 0 Å². The van der Waals surface area contributed by atoms with E-state index < -0.39 is 5.60 Å². The van der Waals surface area contributed by atoms with E-state index in [0.29, 0.717) is 0 Å². The maximum atomic E-state index is 11.6. The van der Waals surface area contributed by atoms with Gasteiger partial charge in [0.05, 0.1) is 0 Å². The topological polar surface area (TPSA) is 49.3 Å². The summed E-state index contributed by atoms with van der Waals surface area (Å²) in [5.74, 6) is -0.289. The molecule has 1 amide bonds. The van der Waals surface area contributed by atoms with E-state index in [1.54, 1.807) is 0 Å². The van der Waals surface area contributed by atoms with Crippen LogP contribution in [0.25, 0.3) is 0 Å². The fraction of sp³-hybridized carbons (Fsp3) is 0.909. The monoisotopic (exact) mass is 201 g/mol. The minimum Gasteiger partial charge on any atom is -0.381 e. The number of nitrogens with one attached hydrogen (secondary N) is 1. The molecule has 0 atom stereocenters. The molecule has 0 aromatic carbocycles. The smallest absolute Gasteiger partial charge is 0.251 e. The lowest BCUT2D eigenvalue weighted by Crippen LogP contribution is -2.53. The van der Waals surface area contributed by atoms with Gasteiger partial charge in [0, 0.05) is 5.54 Å². The Morgan fingerprint density at radius 2 is 1.50 bits per heavy atom. The van der Waals surface area contributed by atoms with E-state index in [1.807, 2.05) is 0 Å². The molecule has 0 aliphatic heterocycles. The fourth-order valence-corrected chi connectivity index (χ4v) is 1.41. The highest BCUT2D eigenvalue weighted by atomic mass is 16.3. The van der Waals surface area contributed by atoms with Gasteiger partial charge in [-0.1, -0.05) is 20.8 Å². The van der Waals surface area contributed by atoms with Crippen LogP contribution in [0, 0.1) is 0 Å². The molecule has 0 aromatic rings. The molecule has 0 heterocycles. The summed E-state index contributed by atoms with van der Waals surface area (Å²) < 4.78 is 0. The lowest BCUT2D eigenvalue weighted by atomic mass is 9.89. The molecule has 3 heteroatoms. The predicted octanol–water partition coefficient (Wildman–Crippen LogP) is 1.84. The highest BCUT2D eigenvalue weighted by Gasteiger charge is 2.32. The van der Waals surface area contributed by atoms with E-state index in [9.17, 15) is 9.90 Å². The number of rotatable bonds is 5. The second-order valence-corrected chi connectivity index (χ2v) is 4.35. The van der Waals surface area contributed by atoms with Crippen molar-refractivity contribution in [3.63, 3.8) is 0 Å². The van der Waals surface area contributed by atoms with Crippen LogP contribution in [0.5, 0.6) is 0 Å². The van der Waals surface area contributed by atoms with Gasteiger partial charge in [-0.25, -0.2) is 0 Å². The Kier molecular flexibility index (Phi) is 4.59. The van der Waals surface area contributed by atoms with Crippen molar-refractivity contribution in [1.29, 1.82) is 0 Å². The number of carbonyl (C=O) groups excluding carboxylic acids is 1. The first-order chi connectivity index (χ1) is 6.31. The molecular weight excluding hydrogens is 178 g/mol. The van der Waals surface area contributed by atoms with Gasteiger partial charge in [0.1, 0.15) is 5.60 Å². The van der Waals surface area contributed by atoms with Crippen molar-refractivity contribution >= 4 is 5.91 Å². The van der Waals surface area contributed by atoms with Crippen molar-refractivity contribution in [2.75, 3.05) is 0 Å². The lowest BCUT2D eigenvalue weighted by Gasteiger charge is -2.34. The van der Waals surface area contributed by atoms with Crippen LogP contribution in [0.15, 0.2) is 0 Å². The van der Waals surface area contributed by atoms with Crippen molar-refractivity contribution in [2.24, 2.45) is 0 Å². The Labute approximate surface area is 86.9 Å². The second-order valence-electron chi connectivity index (χ2n) is 4.35. The number of hydrogen-bond donors (Lipinski definition) is 2. The van der Waals surface area contributed by atoms with Crippen molar-refractivity contribution in [1.82, 2.24) is 5.32 Å². The molecule has 0 unspecified atom stereocenters. The van der Waals surface area contributed by atoms with Gasteiger partial charge in [-0.15, -0.1) is 0 Å². The van der Waals surface area contributed by atoms with E-state index in [4.69, 9.17) is 0 Å². The van der Waals surface area contributed by atoms with Crippen molar-refractivity contribution in [3.05, 3.63) is 0 Å². The molecule has 0 bridgehead atoms. The van der Waals surface area contributed by atoms with Crippen LogP contribution in [0.1, 0.15) is 53.9 Å². The third kappa shape index (κ3) is 3.29.